The molecule has 0 radical (unpaired) electrons. The SMILES string of the molecule is C1=NCCC(c2ccccc2)=N1. The molecule has 2 rings (SSSR count). The predicted octanol–water partition coefficient (Wildman–Crippen LogP) is 1.91. The summed E-state index contributed by atoms with van der Waals surface area (Å²) in [5.74, 6) is 0. The van der Waals surface area contributed by atoms with Crippen LogP contribution in [0.25, 0.3) is 0 Å². The van der Waals surface area contributed by atoms with E-state index in [1.807, 2.05) is 18.2 Å². The first-order valence-electron chi connectivity index (χ1n) is 4.07. The van der Waals surface area contributed by atoms with Crippen LogP contribution in [0.2, 0.25) is 0 Å². The molecule has 1 aromatic rings. The van der Waals surface area contributed by atoms with Gasteiger partial charge in [0.05, 0.1) is 5.71 Å². The molecule has 0 atom stereocenters. The predicted molar refractivity (Wildman–Crippen MR) is 51.0 cm³/mol. The van der Waals surface area contributed by atoms with Crippen molar-refractivity contribution < 1.29 is 0 Å². The van der Waals surface area contributed by atoms with E-state index >= 15 is 0 Å². The summed E-state index contributed by atoms with van der Waals surface area (Å²) >= 11 is 0. The van der Waals surface area contributed by atoms with Gasteiger partial charge in [-0.25, -0.2) is 4.99 Å². The van der Waals surface area contributed by atoms with Gasteiger partial charge in [-0.15, -0.1) is 0 Å². The highest BCUT2D eigenvalue weighted by Gasteiger charge is 2.03. The van der Waals surface area contributed by atoms with Crippen LogP contribution in [-0.2, 0) is 0 Å². The Hall–Kier alpha value is -1.44. The first-order valence-corrected chi connectivity index (χ1v) is 4.07. The van der Waals surface area contributed by atoms with Gasteiger partial charge in [0.15, 0.2) is 0 Å². The van der Waals surface area contributed by atoms with Crippen LogP contribution in [0.5, 0.6) is 0 Å². The fraction of sp³-hybridized carbons (Fsp3) is 0.200. The van der Waals surface area contributed by atoms with Crippen molar-refractivity contribution in [3.8, 4) is 0 Å². The maximum Gasteiger partial charge on any atom is 0.110 e. The zero-order valence-electron chi connectivity index (χ0n) is 6.77. The average Bonchev–Trinajstić information content (AvgIpc) is 2.21. The molecule has 0 spiro atoms. The van der Waals surface area contributed by atoms with Crippen LogP contribution in [0.15, 0.2) is 40.3 Å². The van der Waals surface area contributed by atoms with Gasteiger partial charge in [-0.2, -0.15) is 0 Å². The van der Waals surface area contributed by atoms with Gasteiger partial charge in [-0.1, -0.05) is 30.3 Å². The van der Waals surface area contributed by atoms with Crippen molar-refractivity contribution in [3.63, 3.8) is 0 Å². The highest BCUT2D eigenvalue weighted by Crippen LogP contribution is 2.06. The third kappa shape index (κ3) is 1.42. The summed E-state index contributed by atoms with van der Waals surface area (Å²) in [4.78, 5) is 8.27. The van der Waals surface area contributed by atoms with E-state index in [0.717, 1.165) is 18.7 Å². The lowest BCUT2D eigenvalue weighted by Gasteiger charge is -2.06. The minimum absolute atomic E-state index is 0.869. The molecule has 1 aliphatic rings. The van der Waals surface area contributed by atoms with Crippen molar-refractivity contribution in [3.05, 3.63) is 35.9 Å². The fourth-order valence-electron chi connectivity index (χ4n) is 1.25. The molecule has 0 bridgehead atoms. The number of aliphatic imine (C=N–C) groups is 2. The maximum atomic E-state index is 4.22. The Morgan fingerprint density at radius 1 is 1.08 bits per heavy atom. The Morgan fingerprint density at radius 3 is 2.58 bits per heavy atom. The second kappa shape index (κ2) is 3.30. The summed E-state index contributed by atoms with van der Waals surface area (Å²) in [5, 5.41) is 0. The van der Waals surface area contributed by atoms with Crippen LogP contribution >= 0.6 is 0 Å². The molecule has 0 saturated heterocycles. The summed E-state index contributed by atoms with van der Waals surface area (Å²) in [5.41, 5.74) is 2.36. The number of hydrogen-bond acceptors (Lipinski definition) is 2. The van der Waals surface area contributed by atoms with E-state index in [0.29, 0.717) is 0 Å². The Bertz CT molecular complexity index is 312. The fourth-order valence-corrected chi connectivity index (χ4v) is 1.25. The standard InChI is InChI=1S/C10H10N2/c1-2-4-9(5-3-1)10-6-7-11-8-12-10/h1-5,8H,6-7H2. The van der Waals surface area contributed by atoms with Crippen LogP contribution in [-0.4, -0.2) is 18.6 Å². The van der Waals surface area contributed by atoms with Gasteiger partial charge < -0.3 is 0 Å². The highest BCUT2D eigenvalue weighted by molar-refractivity contribution is 6.04. The maximum absolute atomic E-state index is 4.22. The van der Waals surface area contributed by atoms with Crippen molar-refractivity contribution in [2.24, 2.45) is 9.98 Å². The third-order valence-electron chi connectivity index (χ3n) is 1.88. The van der Waals surface area contributed by atoms with Crippen LogP contribution < -0.4 is 0 Å². The number of rotatable bonds is 1. The monoisotopic (exact) mass is 158 g/mol. The topological polar surface area (TPSA) is 24.7 Å². The molecule has 0 aliphatic carbocycles. The molecule has 0 N–H and O–H groups in total. The zero-order valence-corrected chi connectivity index (χ0v) is 6.77. The highest BCUT2D eigenvalue weighted by atomic mass is 14.9. The Labute approximate surface area is 71.7 Å². The van der Waals surface area contributed by atoms with Gasteiger partial charge in [-0.3, -0.25) is 4.99 Å². The first kappa shape index (κ1) is 7.22. The Kier molecular flexibility index (Phi) is 1.99. The van der Waals surface area contributed by atoms with E-state index in [9.17, 15) is 0 Å². The zero-order chi connectivity index (χ0) is 8.23. The van der Waals surface area contributed by atoms with Crippen LogP contribution in [0.1, 0.15) is 12.0 Å². The molecular formula is C10H10N2. The number of nitrogens with zero attached hydrogens (tertiary/aromatic N) is 2. The minimum Gasteiger partial charge on any atom is -0.273 e. The molecule has 0 saturated carbocycles. The molecule has 1 aromatic carbocycles. The van der Waals surface area contributed by atoms with Gasteiger partial charge in [0.2, 0.25) is 0 Å². The van der Waals surface area contributed by atoms with Crippen molar-refractivity contribution in [1.29, 1.82) is 0 Å². The van der Waals surface area contributed by atoms with Gasteiger partial charge in [0, 0.05) is 13.0 Å². The van der Waals surface area contributed by atoms with Crippen molar-refractivity contribution in [2.75, 3.05) is 6.54 Å². The Morgan fingerprint density at radius 2 is 1.92 bits per heavy atom. The molecule has 60 valence electrons. The summed E-state index contributed by atoms with van der Waals surface area (Å²) in [6.07, 6.45) is 2.60. The van der Waals surface area contributed by atoms with Gasteiger partial charge >= 0.3 is 0 Å². The summed E-state index contributed by atoms with van der Waals surface area (Å²) < 4.78 is 0. The lowest BCUT2D eigenvalue weighted by Crippen LogP contribution is -2.06. The van der Waals surface area contributed by atoms with Gasteiger partial charge in [0.25, 0.3) is 0 Å². The smallest absolute Gasteiger partial charge is 0.110 e. The van der Waals surface area contributed by atoms with E-state index in [-0.39, 0.29) is 0 Å². The minimum atomic E-state index is 0.869. The molecule has 0 fully saturated rings. The molecule has 1 aliphatic heterocycles. The van der Waals surface area contributed by atoms with E-state index < -0.39 is 0 Å². The summed E-state index contributed by atoms with van der Waals surface area (Å²) in [6.45, 7) is 0.869. The molecule has 2 heteroatoms. The summed E-state index contributed by atoms with van der Waals surface area (Å²) in [6, 6.07) is 10.2. The molecule has 0 amide bonds. The largest absolute Gasteiger partial charge is 0.273 e. The molecule has 0 aromatic heterocycles. The second-order valence-corrected chi connectivity index (χ2v) is 2.71. The normalized spacial score (nSPS) is 15.8. The van der Waals surface area contributed by atoms with Gasteiger partial charge in [-0.05, 0) is 5.56 Å². The molecule has 12 heavy (non-hydrogen) atoms. The average molecular weight is 158 g/mol. The lowest BCUT2D eigenvalue weighted by atomic mass is 10.1. The summed E-state index contributed by atoms with van der Waals surface area (Å²) in [7, 11) is 0. The van der Waals surface area contributed by atoms with Gasteiger partial charge in [0.1, 0.15) is 6.34 Å². The second-order valence-electron chi connectivity index (χ2n) is 2.71. The van der Waals surface area contributed by atoms with Crippen molar-refractivity contribution in [1.82, 2.24) is 0 Å². The van der Waals surface area contributed by atoms with Crippen LogP contribution in [0.3, 0.4) is 0 Å². The van der Waals surface area contributed by atoms with E-state index in [1.54, 1.807) is 6.34 Å². The molecule has 2 nitrogen and oxygen atoms in total. The molecule has 0 unspecified atom stereocenters. The quantitative estimate of drug-likeness (QED) is 0.596. The third-order valence-corrected chi connectivity index (χ3v) is 1.88. The van der Waals surface area contributed by atoms with Crippen LogP contribution in [0.4, 0.5) is 0 Å². The first-order chi connectivity index (χ1) is 5.97. The van der Waals surface area contributed by atoms with Crippen LogP contribution in [0, 0.1) is 0 Å². The van der Waals surface area contributed by atoms with Crippen molar-refractivity contribution in [2.45, 2.75) is 6.42 Å². The number of hydrogen-bond donors (Lipinski definition) is 0. The number of benzene rings is 1. The Balaban J connectivity index is 2.31. The molecular weight excluding hydrogens is 148 g/mol. The van der Waals surface area contributed by atoms with E-state index in [1.165, 1.54) is 5.56 Å². The molecule has 1 heterocycles. The van der Waals surface area contributed by atoms with E-state index in [4.69, 9.17) is 0 Å². The lowest BCUT2D eigenvalue weighted by molar-refractivity contribution is 1.03. The van der Waals surface area contributed by atoms with E-state index in [2.05, 4.69) is 22.1 Å². The van der Waals surface area contributed by atoms with Crippen molar-refractivity contribution >= 4 is 12.1 Å².